The van der Waals surface area contributed by atoms with E-state index in [0.717, 1.165) is 10.6 Å². The quantitative estimate of drug-likeness (QED) is 0.531. The molecule has 0 aromatic carbocycles. The van der Waals surface area contributed by atoms with Gasteiger partial charge in [-0.3, -0.25) is 14.2 Å². The van der Waals surface area contributed by atoms with E-state index in [1.807, 2.05) is 0 Å². The molecule has 0 bridgehead atoms. The Morgan fingerprint density at radius 2 is 1.95 bits per heavy atom. The first-order valence-corrected chi connectivity index (χ1v) is 5.63. The van der Waals surface area contributed by atoms with Crippen LogP contribution in [0.4, 0.5) is 5.69 Å². The van der Waals surface area contributed by atoms with Gasteiger partial charge in [-0.25, -0.2) is 0 Å². The molecule has 1 atom stereocenters. The van der Waals surface area contributed by atoms with E-state index in [-0.39, 0.29) is 24.0 Å². The van der Waals surface area contributed by atoms with Gasteiger partial charge in [-0.05, 0) is 5.92 Å². The predicted molar refractivity (Wildman–Crippen MR) is 74.1 cm³/mol. The van der Waals surface area contributed by atoms with Crippen LogP contribution < -0.4 is 11.1 Å². The largest absolute Gasteiger partial charge is 0.494 e. The zero-order valence-electron chi connectivity index (χ0n) is 11.0. The third-order valence-electron chi connectivity index (χ3n) is 2.62. The minimum absolute atomic E-state index is 0. The lowest BCUT2D eigenvalue weighted by Gasteiger charge is -2.14. The van der Waals surface area contributed by atoms with E-state index in [4.69, 9.17) is 10.8 Å². The Kier molecular flexibility index (Phi) is 6.34. The molecule has 1 rings (SSSR count). The maximum absolute atomic E-state index is 11.7. The molecule has 20 heavy (non-hydrogen) atoms. The maximum Gasteiger partial charge on any atom is 0.323 e. The van der Waals surface area contributed by atoms with Crippen molar-refractivity contribution in [1.29, 1.82) is 0 Å². The summed E-state index contributed by atoms with van der Waals surface area (Å²) in [4.78, 5) is 22.2. The van der Waals surface area contributed by atoms with Gasteiger partial charge >= 0.3 is 5.97 Å². The fourth-order valence-electron chi connectivity index (χ4n) is 1.43. The zero-order valence-corrected chi connectivity index (χ0v) is 11.8. The number of carboxylic acid groups (broad SMARTS) is 1. The van der Waals surface area contributed by atoms with Crippen molar-refractivity contribution in [3.63, 3.8) is 0 Å². The van der Waals surface area contributed by atoms with E-state index in [1.54, 1.807) is 13.8 Å². The normalized spacial score (nSPS) is 11.8. The maximum atomic E-state index is 11.7. The molecule has 0 saturated carbocycles. The number of halogens is 1. The summed E-state index contributed by atoms with van der Waals surface area (Å²) in [5, 5.41) is 30.1. The molecule has 6 N–H and O–H groups in total. The first-order chi connectivity index (χ1) is 8.73. The monoisotopic (exact) mass is 307 g/mol. The zero-order chi connectivity index (χ0) is 14.7. The van der Waals surface area contributed by atoms with Crippen LogP contribution >= 0.6 is 12.4 Å². The van der Waals surface area contributed by atoms with Gasteiger partial charge in [0.2, 0.25) is 11.8 Å². The Labute approximate surface area is 121 Å². The first kappa shape index (κ1) is 18.1. The highest BCUT2D eigenvalue weighted by molar-refractivity contribution is 5.96. The lowest BCUT2D eigenvalue weighted by molar-refractivity contribution is -0.137. The number of aromatic nitrogens is 1. The minimum Gasteiger partial charge on any atom is -0.494 e. The van der Waals surface area contributed by atoms with Crippen molar-refractivity contribution in [1.82, 2.24) is 4.57 Å². The fourth-order valence-corrected chi connectivity index (χ4v) is 1.43. The molecule has 8 nitrogen and oxygen atoms in total. The molecular weight excluding hydrogens is 290 g/mol. The molecule has 0 aliphatic heterocycles. The second-order valence-electron chi connectivity index (χ2n) is 4.48. The van der Waals surface area contributed by atoms with Gasteiger partial charge in [0.25, 0.3) is 0 Å². The Balaban J connectivity index is 0.00000361. The molecule has 0 radical (unpaired) electrons. The third-order valence-corrected chi connectivity index (χ3v) is 2.62. The molecule has 1 amide bonds. The van der Waals surface area contributed by atoms with Crippen molar-refractivity contribution in [2.75, 3.05) is 5.32 Å². The Morgan fingerprint density at radius 1 is 1.40 bits per heavy atom. The average Bonchev–Trinajstić information content (AvgIpc) is 2.55. The van der Waals surface area contributed by atoms with Crippen LogP contribution in [0.1, 0.15) is 13.8 Å². The Hall–Kier alpha value is -1.93. The number of amides is 1. The van der Waals surface area contributed by atoms with E-state index in [1.165, 1.54) is 0 Å². The van der Waals surface area contributed by atoms with Gasteiger partial charge in [0.15, 0.2) is 5.88 Å². The molecule has 1 aromatic rings. The summed E-state index contributed by atoms with van der Waals surface area (Å²) >= 11 is 0. The fraction of sp³-hybridized carbons (Fsp3) is 0.455. The highest BCUT2D eigenvalue weighted by Crippen LogP contribution is 2.32. The van der Waals surface area contributed by atoms with Crippen molar-refractivity contribution in [3.05, 3.63) is 6.07 Å². The first-order valence-electron chi connectivity index (χ1n) is 5.63. The van der Waals surface area contributed by atoms with E-state index in [0.29, 0.717) is 0 Å². The van der Waals surface area contributed by atoms with Crippen LogP contribution in [0.2, 0.25) is 0 Å². The van der Waals surface area contributed by atoms with Crippen LogP contribution in [0.15, 0.2) is 6.07 Å². The molecule has 9 heteroatoms. The number of rotatable bonds is 5. The number of aromatic hydroxyl groups is 2. The van der Waals surface area contributed by atoms with E-state index in [2.05, 4.69) is 5.32 Å². The number of nitrogens with one attached hydrogen (secondary N) is 1. The van der Waals surface area contributed by atoms with Crippen molar-refractivity contribution >= 4 is 30.0 Å². The Morgan fingerprint density at radius 3 is 2.40 bits per heavy atom. The molecule has 0 unspecified atom stereocenters. The molecule has 0 saturated heterocycles. The highest BCUT2D eigenvalue weighted by atomic mass is 35.5. The topological polar surface area (TPSA) is 138 Å². The highest BCUT2D eigenvalue weighted by Gasteiger charge is 2.22. The van der Waals surface area contributed by atoms with E-state index in [9.17, 15) is 19.8 Å². The summed E-state index contributed by atoms with van der Waals surface area (Å²) in [6.45, 7) is 2.90. The van der Waals surface area contributed by atoms with Gasteiger partial charge in [0.1, 0.15) is 12.2 Å². The van der Waals surface area contributed by atoms with Gasteiger partial charge in [0.05, 0.1) is 6.04 Å². The SMILES string of the molecule is CC(C)[C@H](N)C(=O)Nc1cc(O)n(CC(=O)O)c1O.Cl. The molecule has 114 valence electrons. The number of hydrogen-bond acceptors (Lipinski definition) is 5. The van der Waals surface area contributed by atoms with Crippen LogP contribution in [0.25, 0.3) is 0 Å². The van der Waals surface area contributed by atoms with Crippen LogP contribution in [0.5, 0.6) is 11.8 Å². The number of carboxylic acids is 1. The van der Waals surface area contributed by atoms with Crippen molar-refractivity contribution in [2.24, 2.45) is 11.7 Å². The van der Waals surface area contributed by atoms with Crippen molar-refractivity contribution in [3.8, 4) is 11.8 Å². The molecule has 0 aliphatic rings. The summed E-state index contributed by atoms with van der Waals surface area (Å²) in [6, 6.07) is 0.285. The number of nitrogens with zero attached hydrogens (tertiary/aromatic N) is 1. The third kappa shape index (κ3) is 4.04. The van der Waals surface area contributed by atoms with Gasteiger partial charge < -0.3 is 26.4 Å². The van der Waals surface area contributed by atoms with Crippen molar-refractivity contribution < 1.29 is 24.9 Å². The molecule has 0 aliphatic carbocycles. The second-order valence-corrected chi connectivity index (χ2v) is 4.48. The number of anilines is 1. The molecule has 1 heterocycles. The van der Waals surface area contributed by atoms with Gasteiger partial charge in [-0.15, -0.1) is 12.4 Å². The van der Waals surface area contributed by atoms with Gasteiger partial charge in [-0.1, -0.05) is 13.8 Å². The molecular formula is C11H18ClN3O5. The number of nitrogens with two attached hydrogens (primary N) is 1. The lowest BCUT2D eigenvalue weighted by Crippen LogP contribution is -2.39. The number of carbonyl (C=O) groups excluding carboxylic acids is 1. The molecule has 0 fully saturated rings. The average molecular weight is 308 g/mol. The van der Waals surface area contributed by atoms with Crippen LogP contribution in [-0.4, -0.2) is 37.8 Å². The van der Waals surface area contributed by atoms with Crippen LogP contribution in [0, 0.1) is 5.92 Å². The number of carbonyl (C=O) groups is 2. The van der Waals surface area contributed by atoms with Gasteiger partial charge in [-0.2, -0.15) is 0 Å². The summed E-state index contributed by atoms with van der Waals surface area (Å²) in [6.07, 6.45) is 0. The van der Waals surface area contributed by atoms with Gasteiger partial charge in [0, 0.05) is 6.07 Å². The van der Waals surface area contributed by atoms with Crippen LogP contribution in [-0.2, 0) is 16.1 Å². The lowest BCUT2D eigenvalue weighted by atomic mass is 10.1. The van der Waals surface area contributed by atoms with Crippen molar-refractivity contribution in [2.45, 2.75) is 26.4 Å². The number of hydrogen-bond donors (Lipinski definition) is 5. The molecule has 0 spiro atoms. The van der Waals surface area contributed by atoms with Crippen LogP contribution in [0.3, 0.4) is 0 Å². The Bertz CT molecular complexity index is 500. The van der Waals surface area contributed by atoms with E-state index < -0.39 is 36.2 Å². The summed E-state index contributed by atoms with van der Waals surface area (Å²) in [7, 11) is 0. The van der Waals surface area contributed by atoms with E-state index >= 15 is 0 Å². The summed E-state index contributed by atoms with van der Waals surface area (Å²) in [5.41, 5.74) is 5.54. The summed E-state index contributed by atoms with van der Waals surface area (Å²) < 4.78 is 0.749. The predicted octanol–water partition coefficient (Wildman–Crippen LogP) is 0.327. The minimum atomic E-state index is -1.24. The summed E-state index contributed by atoms with van der Waals surface area (Å²) in [5.74, 6) is -2.87. The second kappa shape index (κ2) is 7.01. The smallest absolute Gasteiger partial charge is 0.323 e. The number of aliphatic carboxylic acids is 1. The standard InChI is InChI=1S/C11H17N3O5.ClH/c1-5(2)9(12)10(18)13-6-3-7(15)14(11(6)19)4-8(16)17;/h3,5,9,15,19H,4,12H2,1-2H3,(H,13,18)(H,16,17);1H/t9-;/m0./s1. The molecule has 1 aromatic heterocycles.